The van der Waals surface area contributed by atoms with Gasteiger partial charge in [-0.1, -0.05) is 19.8 Å². The average molecular weight is 217 g/mol. The van der Waals surface area contributed by atoms with E-state index in [2.05, 4.69) is 6.92 Å². The lowest BCUT2D eigenvalue weighted by atomic mass is 10.2. The van der Waals surface area contributed by atoms with E-state index in [1.54, 1.807) is 0 Å². The number of nitrogens with two attached hydrogens (primary N) is 1. The molecule has 0 aromatic heterocycles. The number of esters is 1. The molecule has 0 heterocycles. The molecular weight excluding hydrogens is 198 g/mol. The number of hydrogen-bond donors (Lipinski definition) is 2. The van der Waals surface area contributed by atoms with Crippen LogP contribution in [0.15, 0.2) is 0 Å². The van der Waals surface area contributed by atoms with E-state index in [1.807, 2.05) is 0 Å². The molecule has 0 aliphatic carbocycles. The minimum absolute atomic E-state index is 0.0690. The summed E-state index contributed by atoms with van der Waals surface area (Å²) in [4.78, 5) is 21.4. The van der Waals surface area contributed by atoms with Crippen LogP contribution in [-0.4, -0.2) is 29.7 Å². The van der Waals surface area contributed by atoms with E-state index in [0.717, 1.165) is 19.3 Å². The number of unbranched alkanes of at least 4 members (excludes halogenated alkanes) is 2. The fraction of sp³-hybridized carbons (Fsp3) is 0.800. The molecule has 0 spiro atoms. The van der Waals surface area contributed by atoms with Crippen LogP contribution in [0.3, 0.4) is 0 Å². The van der Waals surface area contributed by atoms with Crippen molar-refractivity contribution in [1.82, 2.24) is 0 Å². The molecule has 1 atom stereocenters. The predicted molar refractivity (Wildman–Crippen MR) is 55.3 cm³/mol. The summed E-state index contributed by atoms with van der Waals surface area (Å²) in [5.41, 5.74) is 5.23. The highest BCUT2D eigenvalue weighted by Gasteiger charge is 2.13. The van der Waals surface area contributed by atoms with Gasteiger partial charge in [-0.25, -0.2) is 0 Å². The Morgan fingerprint density at radius 3 is 2.60 bits per heavy atom. The van der Waals surface area contributed by atoms with Crippen LogP contribution >= 0.6 is 0 Å². The Morgan fingerprint density at radius 1 is 1.40 bits per heavy atom. The van der Waals surface area contributed by atoms with Crippen molar-refractivity contribution >= 4 is 11.9 Å². The summed E-state index contributed by atoms with van der Waals surface area (Å²) in [5, 5.41) is 8.46. The van der Waals surface area contributed by atoms with Crippen LogP contribution in [0.25, 0.3) is 0 Å². The third kappa shape index (κ3) is 7.93. The molecule has 0 aromatic carbocycles. The quantitative estimate of drug-likeness (QED) is 0.466. The molecule has 0 saturated carbocycles. The van der Waals surface area contributed by atoms with E-state index in [9.17, 15) is 9.59 Å². The van der Waals surface area contributed by atoms with Crippen LogP contribution in [0.1, 0.15) is 39.0 Å². The van der Waals surface area contributed by atoms with E-state index >= 15 is 0 Å². The summed E-state index contributed by atoms with van der Waals surface area (Å²) in [6.07, 6.45) is 3.15. The van der Waals surface area contributed by atoms with Gasteiger partial charge in [0.2, 0.25) is 0 Å². The Morgan fingerprint density at radius 2 is 2.07 bits per heavy atom. The average Bonchev–Trinajstić information content (AvgIpc) is 2.20. The second-order valence-electron chi connectivity index (χ2n) is 3.41. The topological polar surface area (TPSA) is 89.6 Å². The van der Waals surface area contributed by atoms with E-state index < -0.39 is 12.0 Å². The van der Waals surface area contributed by atoms with E-state index in [1.165, 1.54) is 0 Å². The van der Waals surface area contributed by atoms with E-state index in [-0.39, 0.29) is 18.8 Å². The van der Waals surface area contributed by atoms with Gasteiger partial charge in [0.1, 0.15) is 6.04 Å². The molecule has 15 heavy (non-hydrogen) atoms. The molecule has 88 valence electrons. The van der Waals surface area contributed by atoms with Crippen LogP contribution in [0.2, 0.25) is 0 Å². The second kappa shape index (κ2) is 8.23. The standard InChI is InChI=1S/C10H19NO4/c1-2-3-4-7-15-9(12)6-5-8(11)10(13)14/h8H,2-7,11H2,1H3,(H,13,14)/t8-/m1/s1. The monoisotopic (exact) mass is 217 g/mol. The first-order chi connectivity index (χ1) is 7.07. The third-order valence-corrected chi connectivity index (χ3v) is 1.99. The molecule has 5 heteroatoms. The zero-order valence-electron chi connectivity index (χ0n) is 9.07. The van der Waals surface area contributed by atoms with E-state index in [4.69, 9.17) is 15.6 Å². The van der Waals surface area contributed by atoms with Crippen LogP contribution in [0.4, 0.5) is 0 Å². The molecule has 0 aliphatic rings. The predicted octanol–water partition coefficient (Wildman–Crippen LogP) is 0.912. The molecule has 0 radical (unpaired) electrons. The number of ether oxygens (including phenoxy) is 1. The Balaban J connectivity index is 3.45. The summed E-state index contributed by atoms with van der Waals surface area (Å²) in [7, 11) is 0. The third-order valence-electron chi connectivity index (χ3n) is 1.99. The Kier molecular flexibility index (Phi) is 7.62. The number of carboxylic acid groups (broad SMARTS) is 1. The fourth-order valence-corrected chi connectivity index (χ4v) is 1.01. The normalized spacial score (nSPS) is 12.1. The first kappa shape index (κ1) is 13.9. The zero-order valence-corrected chi connectivity index (χ0v) is 9.07. The van der Waals surface area contributed by atoms with Crippen LogP contribution in [0.5, 0.6) is 0 Å². The van der Waals surface area contributed by atoms with Gasteiger partial charge in [0, 0.05) is 6.42 Å². The minimum Gasteiger partial charge on any atom is -0.480 e. The molecule has 0 rings (SSSR count). The highest BCUT2D eigenvalue weighted by atomic mass is 16.5. The van der Waals surface area contributed by atoms with Gasteiger partial charge in [0.15, 0.2) is 0 Å². The molecule has 3 N–H and O–H groups in total. The summed E-state index contributed by atoms with van der Waals surface area (Å²) in [6.45, 7) is 2.47. The zero-order chi connectivity index (χ0) is 11.7. The van der Waals surface area contributed by atoms with Crippen molar-refractivity contribution in [2.75, 3.05) is 6.61 Å². The van der Waals surface area contributed by atoms with Gasteiger partial charge in [0.25, 0.3) is 0 Å². The Bertz CT molecular complexity index is 206. The Hall–Kier alpha value is -1.10. The van der Waals surface area contributed by atoms with Crippen molar-refractivity contribution in [2.45, 2.75) is 45.1 Å². The second-order valence-corrected chi connectivity index (χ2v) is 3.41. The van der Waals surface area contributed by atoms with Gasteiger partial charge in [-0.05, 0) is 12.8 Å². The van der Waals surface area contributed by atoms with E-state index in [0.29, 0.717) is 6.61 Å². The van der Waals surface area contributed by atoms with Crippen LogP contribution in [-0.2, 0) is 14.3 Å². The highest BCUT2D eigenvalue weighted by molar-refractivity contribution is 5.75. The highest BCUT2D eigenvalue weighted by Crippen LogP contribution is 2.00. The number of carboxylic acids is 1. The molecule has 0 saturated heterocycles. The number of hydrogen-bond acceptors (Lipinski definition) is 4. The number of rotatable bonds is 8. The lowest BCUT2D eigenvalue weighted by molar-refractivity contribution is -0.144. The van der Waals surface area contributed by atoms with Gasteiger partial charge in [-0.2, -0.15) is 0 Å². The molecule has 0 aromatic rings. The van der Waals surface area contributed by atoms with Crippen molar-refractivity contribution in [1.29, 1.82) is 0 Å². The number of carbonyl (C=O) groups excluding carboxylic acids is 1. The summed E-state index contributed by atoms with van der Waals surface area (Å²) in [6, 6.07) is -0.979. The van der Waals surface area contributed by atoms with Crippen LogP contribution < -0.4 is 5.73 Å². The van der Waals surface area contributed by atoms with Gasteiger partial charge in [0.05, 0.1) is 6.61 Å². The first-order valence-electron chi connectivity index (χ1n) is 5.22. The number of carbonyl (C=O) groups is 2. The fourth-order valence-electron chi connectivity index (χ4n) is 1.01. The Labute approximate surface area is 89.6 Å². The molecule has 0 unspecified atom stereocenters. The van der Waals surface area contributed by atoms with Gasteiger partial charge in [-0.15, -0.1) is 0 Å². The van der Waals surface area contributed by atoms with Crippen molar-refractivity contribution in [3.05, 3.63) is 0 Å². The molecule has 0 bridgehead atoms. The maximum absolute atomic E-state index is 11.1. The lowest BCUT2D eigenvalue weighted by Crippen LogP contribution is -2.30. The van der Waals surface area contributed by atoms with Crippen LogP contribution in [0, 0.1) is 0 Å². The summed E-state index contributed by atoms with van der Waals surface area (Å²) in [5.74, 6) is -1.46. The first-order valence-corrected chi connectivity index (χ1v) is 5.22. The molecule has 0 amide bonds. The minimum atomic E-state index is -1.09. The molecule has 0 fully saturated rings. The molecule has 5 nitrogen and oxygen atoms in total. The van der Waals surface area contributed by atoms with Crippen molar-refractivity contribution in [3.63, 3.8) is 0 Å². The molecule has 0 aliphatic heterocycles. The van der Waals surface area contributed by atoms with Gasteiger partial charge >= 0.3 is 11.9 Å². The SMILES string of the molecule is CCCCCOC(=O)CC[C@@H](N)C(=O)O. The maximum Gasteiger partial charge on any atom is 0.320 e. The van der Waals surface area contributed by atoms with Crippen molar-refractivity contribution in [2.24, 2.45) is 5.73 Å². The smallest absolute Gasteiger partial charge is 0.320 e. The lowest BCUT2D eigenvalue weighted by Gasteiger charge is -2.06. The largest absolute Gasteiger partial charge is 0.480 e. The number of aliphatic carboxylic acids is 1. The maximum atomic E-state index is 11.1. The van der Waals surface area contributed by atoms with Crippen molar-refractivity contribution < 1.29 is 19.4 Å². The summed E-state index contributed by atoms with van der Waals surface area (Å²) < 4.78 is 4.89. The van der Waals surface area contributed by atoms with Gasteiger partial charge < -0.3 is 15.6 Å². The van der Waals surface area contributed by atoms with Gasteiger partial charge in [-0.3, -0.25) is 9.59 Å². The molecular formula is C10H19NO4. The van der Waals surface area contributed by atoms with Crippen molar-refractivity contribution in [3.8, 4) is 0 Å². The summed E-state index contributed by atoms with van der Waals surface area (Å²) >= 11 is 0.